The van der Waals surface area contributed by atoms with E-state index in [2.05, 4.69) is 33.6 Å². The van der Waals surface area contributed by atoms with E-state index >= 15 is 0 Å². The molecule has 0 aliphatic carbocycles. The van der Waals surface area contributed by atoms with Crippen LogP contribution in [0.4, 0.5) is 0 Å². The lowest BCUT2D eigenvalue weighted by Gasteiger charge is -2.24. The van der Waals surface area contributed by atoms with Crippen LogP contribution in [0.15, 0.2) is 30.5 Å². The molecule has 3 amide bonds. The van der Waals surface area contributed by atoms with Gasteiger partial charge in [-0.15, -0.1) is 0 Å². The predicted octanol–water partition coefficient (Wildman–Crippen LogP) is -0.890. The molecular formula is C24H34N6O7S. The number of rotatable bonds is 16. The summed E-state index contributed by atoms with van der Waals surface area (Å²) in [5.74, 6) is -5.28. The summed E-state index contributed by atoms with van der Waals surface area (Å²) in [6, 6.07) is 2.23. The Balaban J connectivity index is 2.22. The lowest BCUT2D eigenvalue weighted by molar-refractivity contribution is -0.147. The Morgan fingerprint density at radius 1 is 0.921 bits per heavy atom. The first-order chi connectivity index (χ1) is 18.1. The van der Waals surface area contributed by atoms with Gasteiger partial charge in [0.05, 0.1) is 12.5 Å². The first-order valence-electron chi connectivity index (χ1n) is 12.0. The van der Waals surface area contributed by atoms with Gasteiger partial charge in [-0.3, -0.25) is 19.2 Å². The highest BCUT2D eigenvalue weighted by atomic mass is 32.1. The molecule has 2 aromatic rings. The van der Waals surface area contributed by atoms with E-state index in [0.29, 0.717) is 31.4 Å². The van der Waals surface area contributed by atoms with Gasteiger partial charge in [-0.2, -0.15) is 12.6 Å². The highest BCUT2D eigenvalue weighted by Crippen LogP contribution is 2.19. The van der Waals surface area contributed by atoms with Crippen molar-refractivity contribution in [2.75, 3.05) is 12.3 Å². The van der Waals surface area contributed by atoms with Crippen molar-refractivity contribution in [1.29, 1.82) is 0 Å². The minimum atomic E-state index is -1.71. The number of nitrogens with two attached hydrogens (primary N) is 2. The molecule has 1 aromatic heterocycles. The zero-order chi connectivity index (χ0) is 28.2. The standard InChI is InChI=1S/C24H34N6O7S/c25-8-4-3-6-15(26)21(33)30-19(12-38)23(35)28-17(22(34)29-18(24(36)37)10-20(31)32)9-13-11-27-16-7-2-1-5-14(13)16/h1-2,5,7,11,15,17-19,27,38H,3-4,6,8-10,12,25-26H2,(H,28,35)(H,29,34)(H,30,33)(H,31,32)(H,36,37). The summed E-state index contributed by atoms with van der Waals surface area (Å²) in [5.41, 5.74) is 12.8. The van der Waals surface area contributed by atoms with Gasteiger partial charge in [0.15, 0.2) is 0 Å². The summed E-state index contributed by atoms with van der Waals surface area (Å²) >= 11 is 4.13. The van der Waals surface area contributed by atoms with E-state index < -0.39 is 60.2 Å². The fourth-order valence-electron chi connectivity index (χ4n) is 3.76. The van der Waals surface area contributed by atoms with Crippen LogP contribution in [-0.4, -0.2) is 81.3 Å². The minimum Gasteiger partial charge on any atom is -0.481 e. The maximum absolute atomic E-state index is 13.1. The van der Waals surface area contributed by atoms with Crippen molar-refractivity contribution in [3.63, 3.8) is 0 Å². The summed E-state index contributed by atoms with van der Waals surface area (Å²) in [4.78, 5) is 64.2. The molecule has 0 radical (unpaired) electrons. The maximum Gasteiger partial charge on any atom is 0.326 e. The molecule has 4 atom stereocenters. The van der Waals surface area contributed by atoms with Gasteiger partial charge >= 0.3 is 11.9 Å². The Morgan fingerprint density at radius 2 is 1.55 bits per heavy atom. The Hall–Kier alpha value is -3.62. The van der Waals surface area contributed by atoms with Crippen molar-refractivity contribution in [3.05, 3.63) is 36.0 Å². The highest BCUT2D eigenvalue weighted by molar-refractivity contribution is 7.80. The lowest BCUT2D eigenvalue weighted by Crippen LogP contribution is -2.58. The van der Waals surface area contributed by atoms with E-state index in [9.17, 15) is 29.1 Å². The Kier molecular flexibility index (Phi) is 12.0. The second-order valence-electron chi connectivity index (χ2n) is 8.76. The van der Waals surface area contributed by atoms with E-state index in [4.69, 9.17) is 16.6 Å². The quantitative estimate of drug-likeness (QED) is 0.0931. The van der Waals surface area contributed by atoms with Gasteiger partial charge in [0, 0.05) is 29.3 Å². The lowest BCUT2D eigenvalue weighted by atomic mass is 10.0. The smallest absolute Gasteiger partial charge is 0.326 e. The van der Waals surface area contributed by atoms with Crippen molar-refractivity contribution in [2.45, 2.75) is 56.3 Å². The molecular weight excluding hydrogens is 516 g/mol. The zero-order valence-electron chi connectivity index (χ0n) is 20.7. The number of aliphatic carboxylic acids is 2. The molecule has 4 unspecified atom stereocenters. The number of amides is 3. The molecule has 1 heterocycles. The highest BCUT2D eigenvalue weighted by Gasteiger charge is 2.31. The van der Waals surface area contributed by atoms with Gasteiger partial charge in [-0.1, -0.05) is 24.6 Å². The monoisotopic (exact) mass is 550 g/mol. The molecule has 0 fully saturated rings. The number of carbonyl (C=O) groups excluding carboxylic acids is 3. The molecule has 0 aliphatic heterocycles. The van der Waals surface area contributed by atoms with Crippen LogP contribution < -0.4 is 27.4 Å². The Morgan fingerprint density at radius 3 is 2.18 bits per heavy atom. The van der Waals surface area contributed by atoms with Crippen LogP contribution in [0.1, 0.15) is 31.2 Å². The second-order valence-corrected chi connectivity index (χ2v) is 9.12. The van der Waals surface area contributed by atoms with Crippen LogP contribution in [0, 0.1) is 0 Å². The molecule has 0 aliphatic rings. The molecule has 10 N–H and O–H groups in total. The minimum absolute atomic E-state index is 0.0488. The number of H-pyrrole nitrogens is 1. The van der Waals surface area contributed by atoms with Crippen molar-refractivity contribution >= 4 is 53.2 Å². The van der Waals surface area contributed by atoms with Crippen LogP contribution in [-0.2, 0) is 30.4 Å². The van der Waals surface area contributed by atoms with E-state index in [1.165, 1.54) is 0 Å². The zero-order valence-corrected chi connectivity index (χ0v) is 21.6. The second kappa shape index (κ2) is 15.0. The Bertz CT molecular complexity index is 1140. The summed E-state index contributed by atoms with van der Waals surface area (Å²) in [7, 11) is 0. The first-order valence-corrected chi connectivity index (χ1v) is 12.7. The van der Waals surface area contributed by atoms with E-state index in [1.807, 2.05) is 18.2 Å². The number of thiol groups is 1. The van der Waals surface area contributed by atoms with Crippen molar-refractivity contribution in [1.82, 2.24) is 20.9 Å². The van der Waals surface area contributed by atoms with Gasteiger partial charge < -0.3 is 42.6 Å². The number of fused-ring (bicyclic) bond motifs is 1. The molecule has 1 aromatic carbocycles. The number of carboxylic acid groups (broad SMARTS) is 2. The normalized spacial score (nSPS) is 14.2. The number of carboxylic acids is 2. The number of unbranched alkanes of at least 4 members (excludes halogenated alkanes) is 1. The third kappa shape index (κ3) is 9.04. The van der Waals surface area contributed by atoms with Gasteiger partial charge in [0.2, 0.25) is 17.7 Å². The average molecular weight is 551 g/mol. The number of aromatic amines is 1. The SMILES string of the molecule is NCCCCC(N)C(=O)NC(CS)C(=O)NC(Cc1c[nH]c2ccccc12)C(=O)NC(CC(=O)O)C(=O)O. The molecule has 14 heteroatoms. The van der Waals surface area contributed by atoms with Crippen LogP contribution in [0.2, 0.25) is 0 Å². The molecule has 13 nitrogen and oxygen atoms in total. The molecule has 2 rings (SSSR count). The number of para-hydroxylation sites is 1. The summed E-state index contributed by atoms with van der Waals surface area (Å²) in [6.45, 7) is 0.463. The Labute approximate surface area is 224 Å². The molecule has 0 bridgehead atoms. The van der Waals surface area contributed by atoms with Gasteiger partial charge in [0.1, 0.15) is 18.1 Å². The van der Waals surface area contributed by atoms with Crippen molar-refractivity contribution in [2.24, 2.45) is 11.5 Å². The van der Waals surface area contributed by atoms with E-state index in [1.54, 1.807) is 12.3 Å². The largest absolute Gasteiger partial charge is 0.481 e. The van der Waals surface area contributed by atoms with E-state index in [0.717, 1.165) is 10.9 Å². The molecule has 0 saturated heterocycles. The van der Waals surface area contributed by atoms with Crippen LogP contribution >= 0.6 is 12.6 Å². The van der Waals surface area contributed by atoms with Crippen molar-refractivity contribution < 1.29 is 34.2 Å². The third-order valence-corrected chi connectivity index (χ3v) is 6.21. The van der Waals surface area contributed by atoms with Crippen LogP contribution in [0.5, 0.6) is 0 Å². The maximum atomic E-state index is 13.1. The van der Waals surface area contributed by atoms with Gasteiger partial charge in [0.25, 0.3) is 0 Å². The summed E-state index contributed by atoms with van der Waals surface area (Å²) < 4.78 is 0. The predicted molar refractivity (Wildman–Crippen MR) is 142 cm³/mol. The molecule has 0 saturated carbocycles. The van der Waals surface area contributed by atoms with Crippen molar-refractivity contribution in [3.8, 4) is 0 Å². The van der Waals surface area contributed by atoms with Gasteiger partial charge in [-0.05, 0) is 31.0 Å². The van der Waals surface area contributed by atoms with Crippen LogP contribution in [0.25, 0.3) is 10.9 Å². The number of hydrogen-bond donors (Lipinski definition) is 9. The topological polar surface area (TPSA) is 230 Å². The van der Waals surface area contributed by atoms with Crippen LogP contribution in [0.3, 0.4) is 0 Å². The number of nitrogens with one attached hydrogen (secondary N) is 4. The number of hydrogen-bond acceptors (Lipinski definition) is 8. The fourth-order valence-corrected chi connectivity index (χ4v) is 4.02. The number of carbonyl (C=O) groups is 5. The number of aromatic nitrogens is 1. The summed E-state index contributed by atoms with van der Waals surface area (Å²) in [5, 5.41) is 26.4. The summed E-state index contributed by atoms with van der Waals surface area (Å²) in [6.07, 6.45) is 2.45. The number of benzene rings is 1. The third-order valence-electron chi connectivity index (χ3n) is 5.85. The molecule has 38 heavy (non-hydrogen) atoms. The average Bonchev–Trinajstić information content (AvgIpc) is 3.28. The van der Waals surface area contributed by atoms with E-state index in [-0.39, 0.29) is 12.2 Å². The molecule has 0 spiro atoms. The van der Waals surface area contributed by atoms with Gasteiger partial charge in [-0.25, -0.2) is 4.79 Å². The fraction of sp³-hybridized carbons (Fsp3) is 0.458. The molecule has 208 valence electrons. The first kappa shape index (κ1) is 30.6.